The van der Waals surface area contributed by atoms with Crippen LogP contribution >= 0.6 is 0 Å². The molecule has 0 radical (unpaired) electrons. The number of hydrogen-bond acceptors (Lipinski definition) is 3. The lowest BCUT2D eigenvalue weighted by molar-refractivity contribution is 0.353. The highest BCUT2D eigenvalue weighted by Crippen LogP contribution is 2.12. The van der Waals surface area contributed by atoms with Crippen LogP contribution in [0, 0.1) is 5.82 Å². The quantitative estimate of drug-likeness (QED) is 0.897. The highest BCUT2D eigenvalue weighted by molar-refractivity contribution is 5.78. The minimum absolute atomic E-state index is 0.0698. The average Bonchev–Trinajstić information content (AvgIpc) is 2.50. The lowest BCUT2D eigenvalue weighted by Crippen LogP contribution is -2.46. The van der Waals surface area contributed by atoms with E-state index < -0.39 is 17.1 Å². The zero-order valence-corrected chi connectivity index (χ0v) is 11.9. The highest BCUT2D eigenvalue weighted by Gasteiger charge is 2.18. The maximum Gasteiger partial charge on any atom is 0.331 e. The van der Waals surface area contributed by atoms with Crippen molar-refractivity contribution < 1.29 is 4.39 Å². The smallest absolute Gasteiger partial charge is 0.312 e. The van der Waals surface area contributed by atoms with E-state index in [4.69, 9.17) is 0 Å². The summed E-state index contributed by atoms with van der Waals surface area (Å²) in [6, 6.07) is 4.43. The number of benzene rings is 1. The third-order valence-electron chi connectivity index (χ3n) is 4.13. The molecule has 5 nitrogen and oxygen atoms in total. The number of rotatable bonds is 2. The van der Waals surface area contributed by atoms with E-state index in [1.165, 1.54) is 28.3 Å². The zero-order chi connectivity index (χ0) is 15.0. The molecule has 1 unspecified atom stereocenters. The van der Waals surface area contributed by atoms with Gasteiger partial charge >= 0.3 is 5.69 Å². The molecule has 1 aliphatic rings. The number of piperidine rings is 1. The summed E-state index contributed by atoms with van der Waals surface area (Å²) < 4.78 is 16.3. The van der Waals surface area contributed by atoms with Crippen LogP contribution in [0.1, 0.15) is 19.3 Å². The number of fused-ring (bicyclic) bond motifs is 1. The van der Waals surface area contributed by atoms with Crippen LogP contribution in [0.15, 0.2) is 27.8 Å². The number of aryl methyl sites for hydroxylation is 1. The Morgan fingerprint density at radius 2 is 2.14 bits per heavy atom. The monoisotopic (exact) mass is 291 g/mol. The summed E-state index contributed by atoms with van der Waals surface area (Å²) in [6.07, 6.45) is 3.15. The van der Waals surface area contributed by atoms with E-state index >= 15 is 0 Å². The van der Waals surface area contributed by atoms with E-state index in [0.29, 0.717) is 6.54 Å². The van der Waals surface area contributed by atoms with Crippen LogP contribution in [-0.2, 0) is 13.6 Å². The van der Waals surface area contributed by atoms with Gasteiger partial charge < -0.3 is 5.32 Å². The van der Waals surface area contributed by atoms with Crippen molar-refractivity contribution in [2.75, 3.05) is 6.54 Å². The van der Waals surface area contributed by atoms with Crippen LogP contribution in [0.2, 0.25) is 0 Å². The molecule has 1 fully saturated rings. The van der Waals surface area contributed by atoms with Crippen molar-refractivity contribution in [3.63, 3.8) is 0 Å². The normalized spacial score (nSPS) is 19.0. The van der Waals surface area contributed by atoms with Gasteiger partial charge in [0.05, 0.1) is 10.9 Å². The van der Waals surface area contributed by atoms with Crippen LogP contribution in [-0.4, -0.2) is 21.7 Å². The molecule has 1 N–H and O–H groups in total. The van der Waals surface area contributed by atoms with Gasteiger partial charge in [0.25, 0.3) is 5.56 Å². The summed E-state index contributed by atoms with van der Waals surface area (Å²) in [5.74, 6) is -0.549. The van der Waals surface area contributed by atoms with E-state index in [1.807, 2.05) is 0 Å². The molecule has 3 rings (SSSR count). The molecule has 1 aromatic carbocycles. The number of nitrogens with one attached hydrogen (secondary N) is 1. The van der Waals surface area contributed by atoms with Gasteiger partial charge in [-0.1, -0.05) is 12.5 Å². The fourth-order valence-corrected chi connectivity index (χ4v) is 3.00. The largest absolute Gasteiger partial charge is 0.331 e. The molecule has 1 aromatic heterocycles. The third kappa shape index (κ3) is 2.40. The van der Waals surface area contributed by atoms with Crippen molar-refractivity contribution in [2.45, 2.75) is 31.8 Å². The van der Waals surface area contributed by atoms with Crippen LogP contribution in [0.5, 0.6) is 0 Å². The number of nitrogens with zero attached hydrogens (tertiary/aromatic N) is 2. The van der Waals surface area contributed by atoms with Gasteiger partial charge in [0, 0.05) is 19.6 Å². The Morgan fingerprint density at radius 3 is 2.86 bits per heavy atom. The summed E-state index contributed by atoms with van der Waals surface area (Å²) in [4.78, 5) is 24.8. The first-order valence-corrected chi connectivity index (χ1v) is 7.21. The minimum atomic E-state index is -0.549. The molecule has 0 saturated carbocycles. The number of hydrogen-bond donors (Lipinski definition) is 1. The van der Waals surface area contributed by atoms with Crippen molar-refractivity contribution in [2.24, 2.45) is 7.05 Å². The first kappa shape index (κ1) is 14.0. The fourth-order valence-electron chi connectivity index (χ4n) is 3.00. The molecule has 1 aliphatic heterocycles. The van der Waals surface area contributed by atoms with Crippen molar-refractivity contribution in [3.05, 3.63) is 44.9 Å². The molecule has 2 aromatic rings. The third-order valence-corrected chi connectivity index (χ3v) is 4.13. The molecule has 112 valence electrons. The molecule has 2 heterocycles. The highest BCUT2D eigenvalue weighted by atomic mass is 19.1. The number of aromatic nitrogens is 2. The summed E-state index contributed by atoms with van der Waals surface area (Å²) in [5, 5.41) is 3.56. The first-order valence-electron chi connectivity index (χ1n) is 7.21. The van der Waals surface area contributed by atoms with Crippen LogP contribution in [0.3, 0.4) is 0 Å². The van der Waals surface area contributed by atoms with Crippen LogP contribution in [0.4, 0.5) is 4.39 Å². The molecule has 21 heavy (non-hydrogen) atoms. The Kier molecular flexibility index (Phi) is 3.63. The van der Waals surface area contributed by atoms with E-state index in [1.54, 1.807) is 6.07 Å². The standard InChI is InChI=1S/C15H18FN3O2/c1-18-13-11(6-4-7-12(13)16)14(20)19(15(18)21)9-10-5-2-3-8-17-10/h4,6-7,10,17H,2-3,5,8-9H2,1H3. The van der Waals surface area contributed by atoms with Gasteiger partial charge in [-0.15, -0.1) is 0 Å². The molecule has 0 bridgehead atoms. The zero-order valence-electron chi connectivity index (χ0n) is 11.9. The predicted molar refractivity (Wildman–Crippen MR) is 79.0 cm³/mol. The molecule has 1 atom stereocenters. The number of para-hydroxylation sites is 1. The maximum atomic E-state index is 13.9. The predicted octanol–water partition coefficient (Wildman–Crippen LogP) is 0.981. The van der Waals surface area contributed by atoms with Crippen molar-refractivity contribution in [3.8, 4) is 0 Å². The Labute approximate surface area is 121 Å². The van der Waals surface area contributed by atoms with E-state index in [-0.39, 0.29) is 16.9 Å². The van der Waals surface area contributed by atoms with Crippen molar-refractivity contribution in [1.82, 2.24) is 14.5 Å². The van der Waals surface area contributed by atoms with Gasteiger partial charge in [0.2, 0.25) is 0 Å². The summed E-state index contributed by atoms with van der Waals surface area (Å²) in [6.45, 7) is 1.24. The van der Waals surface area contributed by atoms with Gasteiger partial charge in [-0.2, -0.15) is 0 Å². The maximum absolute atomic E-state index is 13.9. The number of halogens is 1. The van der Waals surface area contributed by atoms with Gasteiger partial charge in [0.1, 0.15) is 5.82 Å². The SMILES string of the molecule is Cn1c(=O)n(CC2CCCCN2)c(=O)c2cccc(F)c21. The topological polar surface area (TPSA) is 56.0 Å². The summed E-state index contributed by atoms with van der Waals surface area (Å²) in [5.41, 5.74) is -0.815. The Hall–Kier alpha value is -1.95. The average molecular weight is 291 g/mol. The Balaban J connectivity index is 2.15. The Bertz CT molecular complexity index is 788. The molecular formula is C15H18FN3O2. The van der Waals surface area contributed by atoms with Gasteiger partial charge in [-0.25, -0.2) is 9.18 Å². The second kappa shape index (κ2) is 5.44. The van der Waals surface area contributed by atoms with Crippen LogP contribution < -0.4 is 16.6 Å². The van der Waals surface area contributed by atoms with Gasteiger partial charge in [-0.05, 0) is 31.5 Å². The van der Waals surface area contributed by atoms with Gasteiger partial charge in [0.15, 0.2) is 0 Å². The van der Waals surface area contributed by atoms with Crippen molar-refractivity contribution in [1.29, 1.82) is 0 Å². The molecular weight excluding hydrogens is 273 g/mol. The lowest BCUT2D eigenvalue weighted by atomic mass is 10.1. The van der Waals surface area contributed by atoms with Gasteiger partial charge in [-0.3, -0.25) is 13.9 Å². The van der Waals surface area contributed by atoms with E-state index in [2.05, 4.69) is 5.32 Å². The first-order chi connectivity index (χ1) is 10.1. The second-order valence-corrected chi connectivity index (χ2v) is 5.54. The second-order valence-electron chi connectivity index (χ2n) is 5.54. The molecule has 1 saturated heterocycles. The summed E-state index contributed by atoms with van der Waals surface area (Å²) in [7, 11) is 1.50. The Morgan fingerprint density at radius 1 is 1.33 bits per heavy atom. The molecule has 0 aliphatic carbocycles. The summed E-state index contributed by atoms with van der Waals surface area (Å²) >= 11 is 0. The van der Waals surface area contributed by atoms with Crippen molar-refractivity contribution >= 4 is 10.9 Å². The minimum Gasteiger partial charge on any atom is -0.312 e. The van der Waals surface area contributed by atoms with E-state index in [0.717, 1.165) is 25.8 Å². The fraction of sp³-hybridized carbons (Fsp3) is 0.467. The van der Waals surface area contributed by atoms with E-state index in [9.17, 15) is 14.0 Å². The molecule has 6 heteroatoms. The molecule has 0 spiro atoms. The lowest BCUT2D eigenvalue weighted by Gasteiger charge is -2.24. The molecule has 0 amide bonds. The van der Waals surface area contributed by atoms with Crippen LogP contribution in [0.25, 0.3) is 10.9 Å².